The number of nitrogens with zero attached hydrogens (tertiary/aromatic N) is 1. The van der Waals surface area contributed by atoms with E-state index < -0.39 is 0 Å². The largest absolute Gasteiger partial charge is 0.358 e. The second-order valence-electron chi connectivity index (χ2n) is 5.90. The predicted molar refractivity (Wildman–Crippen MR) is 76.3 cm³/mol. The van der Waals surface area contributed by atoms with Crippen molar-refractivity contribution in [2.24, 2.45) is 5.73 Å². The minimum Gasteiger partial charge on any atom is -0.358 e. The van der Waals surface area contributed by atoms with Gasteiger partial charge in [-0.1, -0.05) is 11.6 Å². The van der Waals surface area contributed by atoms with Gasteiger partial charge in [0.15, 0.2) is 0 Å². The molecule has 0 bridgehead atoms. The minimum atomic E-state index is 0.0478. The van der Waals surface area contributed by atoms with E-state index in [-0.39, 0.29) is 5.54 Å². The molecule has 0 unspecified atom stereocenters. The number of fused-ring (bicyclic) bond motifs is 3. The first-order valence-corrected chi connectivity index (χ1v) is 7.15. The third kappa shape index (κ3) is 1.97. The molecule has 4 rings (SSSR count). The van der Waals surface area contributed by atoms with E-state index in [1.807, 2.05) is 12.3 Å². The topological polar surface area (TPSA) is 54.7 Å². The molecule has 3 N–H and O–H groups in total. The fraction of sp³-hybridized carbons (Fsp3) is 0.400. The Balaban J connectivity index is 1.76. The number of nitrogens with two attached hydrogens (primary N) is 1. The van der Waals surface area contributed by atoms with Crippen LogP contribution >= 0.6 is 11.6 Å². The Labute approximate surface area is 117 Å². The number of aromatic nitrogens is 2. The van der Waals surface area contributed by atoms with Crippen LogP contribution in [0.15, 0.2) is 18.3 Å². The highest BCUT2D eigenvalue weighted by Gasteiger charge is 2.38. The Kier molecular flexibility index (Phi) is 2.32. The molecule has 2 aliphatic carbocycles. The molecule has 0 atom stereocenters. The fourth-order valence-corrected chi connectivity index (χ4v) is 3.13. The van der Waals surface area contributed by atoms with Crippen LogP contribution in [-0.4, -0.2) is 15.5 Å². The van der Waals surface area contributed by atoms with Crippen LogP contribution < -0.4 is 5.73 Å². The highest BCUT2D eigenvalue weighted by Crippen LogP contribution is 2.38. The van der Waals surface area contributed by atoms with E-state index in [0.29, 0.717) is 5.15 Å². The summed E-state index contributed by atoms with van der Waals surface area (Å²) >= 11 is 6.02. The summed E-state index contributed by atoms with van der Waals surface area (Å²) in [5.41, 5.74) is 12.6. The summed E-state index contributed by atoms with van der Waals surface area (Å²) in [5.74, 6) is 0. The highest BCUT2D eigenvalue weighted by molar-refractivity contribution is 6.29. The van der Waals surface area contributed by atoms with Gasteiger partial charge in [0.1, 0.15) is 5.15 Å². The van der Waals surface area contributed by atoms with Gasteiger partial charge in [0.25, 0.3) is 0 Å². The zero-order chi connectivity index (χ0) is 13.0. The standard InChI is InChI=1S/C15H16ClN3/c16-13-6-12-10(8-18-13)2-1-9-5-11(19-14(9)12)7-15(17)3-4-15/h5-6,8,19H,1-4,7,17H2. The van der Waals surface area contributed by atoms with Crippen molar-refractivity contribution in [3.63, 3.8) is 0 Å². The van der Waals surface area contributed by atoms with Crippen LogP contribution in [-0.2, 0) is 19.3 Å². The normalized spacial score (nSPS) is 18.8. The van der Waals surface area contributed by atoms with E-state index in [9.17, 15) is 0 Å². The fourth-order valence-electron chi connectivity index (χ4n) is 2.97. The number of aromatic amines is 1. The van der Waals surface area contributed by atoms with Crippen LogP contribution in [0.1, 0.15) is 29.7 Å². The number of aryl methyl sites for hydroxylation is 2. The van der Waals surface area contributed by atoms with Crippen LogP contribution in [0.5, 0.6) is 0 Å². The van der Waals surface area contributed by atoms with E-state index >= 15 is 0 Å². The number of hydrogen-bond acceptors (Lipinski definition) is 2. The van der Waals surface area contributed by atoms with Crippen molar-refractivity contribution < 1.29 is 0 Å². The lowest BCUT2D eigenvalue weighted by Crippen LogP contribution is -2.24. The highest BCUT2D eigenvalue weighted by atomic mass is 35.5. The first-order valence-electron chi connectivity index (χ1n) is 6.77. The molecule has 0 saturated heterocycles. The lowest BCUT2D eigenvalue weighted by Gasteiger charge is -2.15. The Bertz CT molecular complexity index is 655. The lowest BCUT2D eigenvalue weighted by molar-refractivity contribution is 0.662. The van der Waals surface area contributed by atoms with Gasteiger partial charge in [0.05, 0.1) is 0 Å². The van der Waals surface area contributed by atoms with Gasteiger partial charge in [-0.2, -0.15) is 0 Å². The molecule has 0 radical (unpaired) electrons. The van der Waals surface area contributed by atoms with Crippen LogP contribution in [0.2, 0.25) is 5.15 Å². The third-order valence-electron chi connectivity index (χ3n) is 4.28. The predicted octanol–water partition coefficient (Wildman–Crippen LogP) is 2.86. The molecular formula is C15H16ClN3. The molecule has 98 valence electrons. The van der Waals surface area contributed by atoms with Crippen molar-refractivity contribution in [1.82, 2.24) is 9.97 Å². The molecule has 4 heteroatoms. The molecule has 1 saturated carbocycles. The summed E-state index contributed by atoms with van der Waals surface area (Å²) in [6.45, 7) is 0. The molecule has 0 spiro atoms. The number of H-pyrrole nitrogens is 1. The number of nitrogens with one attached hydrogen (secondary N) is 1. The van der Waals surface area contributed by atoms with Crippen molar-refractivity contribution >= 4 is 11.6 Å². The Hall–Kier alpha value is -1.32. The molecule has 2 aromatic rings. The number of rotatable bonds is 2. The molecule has 1 fully saturated rings. The Morgan fingerprint density at radius 2 is 2.05 bits per heavy atom. The van der Waals surface area contributed by atoms with Gasteiger partial charge in [-0.05, 0) is 48.9 Å². The lowest BCUT2D eigenvalue weighted by atomic mass is 9.92. The molecule has 2 aromatic heterocycles. The smallest absolute Gasteiger partial charge is 0.129 e. The second kappa shape index (κ2) is 3.84. The minimum absolute atomic E-state index is 0.0478. The monoisotopic (exact) mass is 273 g/mol. The summed E-state index contributed by atoms with van der Waals surface area (Å²) in [7, 11) is 0. The summed E-state index contributed by atoms with van der Waals surface area (Å²) < 4.78 is 0. The molecule has 2 aliphatic rings. The Morgan fingerprint density at radius 1 is 1.26 bits per heavy atom. The number of halogens is 1. The van der Waals surface area contributed by atoms with Crippen LogP contribution in [0.3, 0.4) is 0 Å². The van der Waals surface area contributed by atoms with Crippen molar-refractivity contribution in [3.05, 3.63) is 40.3 Å². The summed E-state index contributed by atoms with van der Waals surface area (Å²) in [6, 6.07) is 4.24. The maximum atomic E-state index is 6.20. The quantitative estimate of drug-likeness (QED) is 0.827. The van der Waals surface area contributed by atoms with Gasteiger partial charge in [-0.25, -0.2) is 4.98 Å². The summed E-state index contributed by atoms with van der Waals surface area (Å²) in [4.78, 5) is 7.72. The number of pyridine rings is 1. The van der Waals surface area contributed by atoms with Gasteiger partial charge < -0.3 is 10.7 Å². The van der Waals surface area contributed by atoms with E-state index in [0.717, 1.165) is 32.1 Å². The third-order valence-corrected chi connectivity index (χ3v) is 4.48. The maximum absolute atomic E-state index is 6.20. The summed E-state index contributed by atoms with van der Waals surface area (Å²) in [5, 5.41) is 0.556. The average molecular weight is 274 g/mol. The van der Waals surface area contributed by atoms with Crippen molar-refractivity contribution in [1.29, 1.82) is 0 Å². The molecule has 0 amide bonds. The first kappa shape index (κ1) is 11.5. The van der Waals surface area contributed by atoms with Crippen LogP contribution in [0.4, 0.5) is 0 Å². The van der Waals surface area contributed by atoms with Gasteiger partial charge in [-0.3, -0.25) is 0 Å². The van der Waals surface area contributed by atoms with Crippen LogP contribution in [0.25, 0.3) is 11.3 Å². The molecule has 0 aromatic carbocycles. The molecule has 2 heterocycles. The summed E-state index contributed by atoms with van der Waals surface area (Å²) in [6.07, 6.45) is 7.24. The van der Waals surface area contributed by atoms with Gasteiger partial charge >= 0.3 is 0 Å². The van der Waals surface area contributed by atoms with Crippen LogP contribution in [0, 0.1) is 0 Å². The molecule has 3 nitrogen and oxygen atoms in total. The van der Waals surface area contributed by atoms with Gasteiger partial charge in [0, 0.05) is 35.1 Å². The second-order valence-corrected chi connectivity index (χ2v) is 6.29. The molecular weight excluding hydrogens is 258 g/mol. The Morgan fingerprint density at radius 3 is 2.84 bits per heavy atom. The van der Waals surface area contributed by atoms with Crippen molar-refractivity contribution in [2.75, 3.05) is 0 Å². The average Bonchev–Trinajstić information content (AvgIpc) is 2.96. The zero-order valence-electron chi connectivity index (χ0n) is 10.7. The molecule has 19 heavy (non-hydrogen) atoms. The zero-order valence-corrected chi connectivity index (χ0v) is 11.4. The van der Waals surface area contributed by atoms with Crippen molar-refractivity contribution in [2.45, 2.75) is 37.6 Å². The first-order chi connectivity index (χ1) is 9.13. The van der Waals surface area contributed by atoms with E-state index in [1.54, 1.807) is 0 Å². The maximum Gasteiger partial charge on any atom is 0.129 e. The SMILES string of the molecule is NC1(Cc2cc3c([nH]2)-c2cc(Cl)ncc2CC3)CC1. The van der Waals surface area contributed by atoms with E-state index in [2.05, 4.69) is 16.0 Å². The number of hydrogen-bond donors (Lipinski definition) is 2. The van der Waals surface area contributed by atoms with Crippen molar-refractivity contribution in [3.8, 4) is 11.3 Å². The van der Waals surface area contributed by atoms with Gasteiger partial charge in [-0.15, -0.1) is 0 Å². The molecule has 0 aliphatic heterocycles. The van der Waals surface area contributed by atoms with E-state index in [1.165, 1.54) is 28.1 Å². The van der Waals surface area contributed by atoms with Gasteiger partial charge in [0.2, 0.25) is 0 Å². The van der Waals surface area contributed by atoms with E-state index in [4.69, 9.17) is 17.3 Å².